The number of para-hydroxylation sites is 1. The highest BCUT2D eigenvalue weighted by Crippen LogP contribution is 2.19. The van der Waals surface area contributed by atoms with Crippen molar-refractivity contribution in [1.29, 1.82) is 5.26 Å². The molecule has 0 saturated heterocycles. The van der Waals surface area contributed by atoms with E-state index in [2.05, 4.69) is 20.6 Å². The van der Waals surface area contributed by atoms with Crippen LogP contribution in [0.15, 0.2) is 60.9 Å². The minimum Gasteiger partial charge on any atom is -0.497 e. The van der Waals surface area contributed by atoms with Crippen molar-refractivity contribution in [3.05, 3.63) is 72.2 Å². The van der Waals surface area contributed by atoms with Gasteiger partial charge in [-0.25, -0.2) is 9.97 Å². The van der Waals surface area contributed by atoms with Crippen LogP contribution < -0.4 is 15.4 Å². The SMILES string of the molecule is COc1ccc(Nc2cc(C(=O)Nc3ccccc3C#N)ncn2)cc1. The van der Waals surface area contributed by atoms with Crippen molar-refractivity contribution in [3.63, 3.8) is 0 Å². The van der Waals surface area contributed by atoms with Gasteiger partial charge in [-0.05, 0) is 36.4 Å². The highest BCUT2D eigenvalue weighted by molar-refractivity contribution is 6.03. The van der Waals surface area contributed by atoms with Gasteiger partial charge in [-0.2, -0.15) is 5.26 Å². The summed E-state index contributed by atoms with van der Waals surface area (Å²) in [4.78, 5) is 20.5. The van der Waals surface area contributed by atoms with Gasteiger partial charge >= 0.3 is 0 Å². The first-order valence-corrected chi connectivity index (χ1v) is 7.73. The molecule has 0 atom stereocenters. The average molecular weight is 345 g/mol. The maximum absolute atomic E-state index is 12.4. The number of ether oxygens (including phenoxy) is 1. The van der Waals surface area contributed by atoms with Gasteiger partial charge in [0.15, 0.2) is 0 Å². The number of carbonyl (C=O) groups excluding carboxylic acids is 1. The molecule has 7 nitrogen and oxygen atoms in total. The van der Waals surface area contributed by atoms with E-state index in [9.17, 15) is 4.79 Å². The highest BCUT2D eigenvalue weighted by atomic mass is 16.5. The molecule has 3 rings (SSSR count). The summed E-state index contributed by atoms with van der Waals surface area (Å²) in [6, 6.07) is 17.6. The van der Waals surface area contributed by atoms with E-state index in [-0.39, 0.29) is 5.69 Å². The van der Waals surface area contributed by atoms with Gasteiger partial charge in [0, 0.05) is 11.8 Å². The van der Waals surface area contributed by atoms with E-state index < -0.39 is 5.91 Å². The zero-order chi connectivity index (χ0) is 18.4. The maximum Gasteiger partial charge on any atom is 0.274 e. The minimum absolute atomic E-state index is 0.184. The van der Waals surface area contributed by atoms with E-state index >= 15 is 0 Å². The number of benzene rings is 2. The van der Waals surface area contributed by atoms with E-state index in [1.165, 1.54) is 12.4 Å². The van der Waals surface area contributed by atoms with Crippen LogP contribution >= 0.6 is 0 Å². The lowest BCUT2D eigenvalue weighted by molar-refractivity contribution is 0.102. The third-order valence-corrected chi connectivity index (χ3v) is 3.56. The van der Waals surface area contributed by atoms with E-state index in [1.807, 2.05) is 30.3 Å². The molecule has 0 aliphatic heterocycles. The van der Waals surface area contributed by atoms with Gasteiger partial charge in [0.1, 0.15) is 29.7 Å². The fourth-order valence-electron chi connectivity index (χ4n) is 2.25. The third kappa shape index (κ3) is 3.94. The molecule has 0 unspecified atom stereocenters. The van der Waals surface area contributed by atoms with Crippen molar-refractivity contribution in [2.24, 2.45) is 0 Å². The molecule has 1 amide bonds. The van der Waals surface area contributed by atoms with Crippen LogP contribution in [0.3, 0.4) is 0 Å². The summed E-state index contributed by atoms with van der Waals surface area (Å²) in [7, 11) is 1.60. The Morgan fingerprint density at radius 2 is 1.88 bits per heavy atom. The van der Waals surface area contributed by atoms with Crippen molar-refractivity contribution in [3.8, 4) is 11.8 Å². The third-order valence-electron chi connectivity index (χ3n) is 3.56. The molecular formula is C19H15N5O2. The number of carbonyl (C=O) groups is 1. The number of nitrogens with one attached hydrogen (secondary N) is 2. The molecule has 7 heteroatoms. The molecule has 2 aromatic carbocycles. The van der Waals surface area contributed by atoms with Crippen LogP contribution in [-0.4, -0.2) is 23.0 Å². The van der Waals surface area contributed by atoms with Crippen LogP contribution in [0.1, 0.15) is 16.1 Å². The number of rotatable bonds is 5. The summed E-state index contributed by atoms with van der Waals surface area (Å²) >= 11 is 0. The molecule has 0 saturated carbocycles. The Balaban J connectivity index is 1.75. The van der Waals surface area contributed by atoms with Crippen LogP contribution in [0.4, 0.5) is 17.2 Å². The van der Waals surface area contributed by atoms with E-state index in [0.29, 0.717) is 17.1 Å². The van der Waals surface area contributed by atoms with E-state index in [4.69, 9.17) is 10.00 Å². The summed E-state index contributed by atoms with van der Waals surface area (Å²) in [5.74, 6) is 0.797. The van der Waals surface area contributed by atoms with Gasteiger partial charge in [0.05, 0.1) is 18.4 Å². The van der Waals surface area contributed by atoms with Crippen molar-refractivity contribution in [2.75, 3.05) is 17.7 Å². The second kappa shape index (κ2) is 7.77. The minimum atomic E-state index is -0.423. The number of methoxy groups -OCH3 is 1. The zero-order valence-electron chi connectivity index (χ0n) is 13.9. The number of anilines is 3. The quantitative estimate of drug-likeness (QED) is 0.735. The molecule has 0 bridgehead atoms. The smallest absolute Gasteiger partial charge is 0.274 e. The van der Waals surface area contributed by atoms with Gasteiger partial charge in [-0.1, -0.05) is 12.1 Å². The molecule has 0 aliphatic rings. The van der Waals surface area contributed by atoms with Crippen molar-refractivity contribution < 1.29 is 9.53 Å². The molecule has 0 fully saturated rings. The molecule has 0 aliphatic carbocycles. The highest BCUT2D eigenvalue weighted by Gasteiger charge is 2.11. The second-order valence-corrected chi connectivity index (χ2v) is 5.25. The van der Waals surface area contributed by atoms with Crippen molar-refractivity contribution in [2.45, 2.75) is 0 Å². The van der Waals surface area contributed by atoms with Crippen LogP contribution in [0.2, 0.25) is 0 Å². The molecule has 3 aromatic rings. The number of hydrogen-bond donors (Lipinski definition) is 2. The van der Waals surface area contributed by atoms with Crippen molar-refractivity contribution in [1.82, 2.24) is 9.97 Å². The van der Waals surface area contributed by atoms with Gasteiger partial charge in [-0.15, -0.1) is 0 Å². The Hall–Kier alpha value is -3.92. The number of nitriles is 1. The van der Waals surface area contributed by atoms with Gasteiger partial charge in [0.25, 0.3) is 5.91 Å². The average Bonchev–Trinajstić information content (AvgIpc) is 2.69. The lowest BCUT2D eigenvalue weighted by Crippen LogP contribution is -2.15. The molecule has 1 aromatic heterocycles. The van der Waals surface area contributed by atoms with Crippen LogP contribution in [0.5, 0.6) is 5.75 Å². The first kappa shape index (κ1) is 16.9. The maximum atomic E-state index is 12.4. The van der Waals surface area contributed by atoms with Crippen LogP contribution in [-0.2, 0) is 0 Å². The van der Waals surface area contributed by atoms with E-state index in [1.54, 1.807) is 31.4 Å². The van der Waals surface area contributed by atoms with Gasteiger partial charge < -0.3 is 15.4 Å². The first-order valence-electron chi connectivity index (χ1n) is 7.73. The topological polar surface area (TPSA) is 99.9 Å². The molecule has 2 N–H and O–H groups in total. The Morgan fingerprint density at radius 1 is 1.12 bits per heavy atom. The molecule has 1 heterocycles. The molecule has 26 heavy (non-hydrogen) atoms. The predicted molar refractivity (Wildman–Crippen MR) is 97.4 cm³/mol. The number of hydrogen-bond acceptors (Lipinski definition) is 6. The number of amides is 1. The second-order valence-electron chi connectivity index (χ2n) is 5.25. The van der Waals surface area contributed by atoms with Gasteiger partial charge in [0.2, 0.25) is 0 Å². The normalized spacial score (nSPS) is 9.85. The first-order chi connectivity index (χ1) is 12.7. The summed E-state index contributed by atoms with van der Waals surface area (Å²) in [5, 5.41) is 14.9. The largest absolute Gasteiger partial charge is 0.497 e. The summed E-state index contributed by atoms with van der Waals surface area (Å²) in [6.45, 7) is 0. The lowest BCUT2D eigenvalue weighted by atomic mass is 10.2. The van der Waals surface area contributed by atoms with Crippen LogP contribution in [0.25, 0.3) is 0 Å². The van der Waals surface area contributed by atoms with Crippen molar-refractivity contribution >= 4 is 23.1 Å². The summed E-state index contributed by atoms with van der Waals surface area (Å²) in [6.07, 6.45) is 1.30. The molecule has 0 radical (unpaired) electrons. The van der Waals surface area contributed by atoms with E-state index in [0.717, 1.165) is 11.4 Å². The number of aromatic nitrogens is 2. The molecule has 0 spiro atoms. The standard InChI is InChI=1S/C19H15N5O2/c1-26-15-8-6-14(7-9-15)23-18-10-17(21-12-22-18)19(25)24-16-5-3-2-4-13(16)11-20/h2-10,12H,1H3,(H,24,25)(H,21,22,23). The lowest BCUT2D eigenvalue weighted by Gasteiger charge is -2.09. The number of nitrogens with zero attached hydrogens (tertiary/aromatic N) is 3. The fourth-order valence-corrected chi connectivity index (χ4v) is 2.25. The fraction of sp³-hybridized carbons (Fsp3) is 0.0526. The monoisotopic (exact) mass is 345 g/mol. The zero-order valence-corrected chi connectivity index (χ0v) is 13.9. The van der Waals surface area contributed by atoms with Gasteiger partial charge in [-0.3, -0.25) is 4.79 Å². The Morgan fingerprint density at radius 3 is 2.62 bits per heavy atom. The summed E-state index contributed by atoms with van der Waals surface area (Å²) < 4.78 is 5.12. The van der Waals surface area contributed by atoms with Crippen LogP contribution in [0, 0.1) is 11.3 Å². The molecule has 128 valence electrons. The Kier molecular flexibility index (Phi) is 5.05. The summed E-state index contributed by atoms with van der Waals surface area (Å²) in [5.41, 5.74) is 1.80. The predicted octanol–water partition coefficient (Wildman–Crippen LogP) is 3.35. The molecular weight excluding hydrogens is 330 g/mol. The Labute approximate surface area is 150 Å². The Bertz CT molecular complexity index is 964.